The summed E-state index contributed by atoms with van der Waals surface area (Å²) in [7, 11) is 0. The standard InChI is InChI=1S/C19H23BrClN5O2S/c20-15-5-3-9-23-18(15)14-29-12-11-25-19(13-26(27)28)24-8-2-1-7-17-16(21)6-4-10-22-17/h3-6,9-10,13,24-25H,1-2,7-8,11-12,14H2/b19-13-. The number of pyridine rings is 2. The van der Waals surface area contributed by atoms with Crippen molar-refractivity contribution in [3.8, 4) is 0 Å². The molecule has 0 aliphatic carbocycles. The molecule has 0 unspecified atom stereocenters. The van der Waals surface area contributed by atoms with Crippen LogP contribution in [0.5, 0.6) is 0 Å². The van der Waals surface area contributed by atoms with Gasteiger partial charge in [0.25, 0.3) is 6.20 Å². The minimum atomic E-state index is -0.457. The van der Waals surface area contributed by atoms with E-state index in [0.717, 1.165) is 52.8 Å². The third-order valence-electron chi connectivity index (χ3n) is 3.86. The highest BCUT2D eigenvalue weighted by atomic mass is 79.9. The van der Waals surface area contributed by atoms with E-state index in [1.807, 2.05) is 18.2 Å². The lowest BCUT2D eigenvalue weighted by Gasteiger charge is -2.11. The summed E-state index contributed by atoms with van der Waals surface area (Å²) < 4.78 is 0.989. The summed E-state index contributed by atoms with van der Waals surface area (Å²) >= 11 is 11.3. The van der Waals surface area contributed by atoms with Gasteiger partial charge in [-0.25, -0.2) is 0 Å². The molecule has 7 nitrogen and oxygen atoms in total. The number of hydrogen-bond acceptors (Lipinski definition) is 7. The van der Waals surface area contributed by atoms with Crippen molar-refractivity contribution in [1.82, 2.24) is 20.6 Å². The van der Waals surface area contributed by atoms with Crippen molar-refractivity contribution in [2.45, 2.75) is 25.0 Å². The first kappa shape index (κ1) is 23.4. The molecule has 10 heteroatoms. The van der Waals surface area contributed by atoms with Crippen molar-refractivity contribution >= 4 is 39.3 Å². The van der Waals surface area contributed by atoms with Crippen molar-refractivity contribution in [2.24, 2.45) is 0 Å². The van der Waals surface area contributed by atoms with E-state index in [1.54, 1.807) is 30.2 Å². The first-order valence-electron chi connectivity index (χ1n) is 9.16. The molecule has 2 rings (SSSR count). The van der Waals surface area contributed by atoms with E-state index in [2.05, 4.69) is 36.5 Å². The summed E-state index contributed by atoms with van der Waals surface area (Å²) in [5.74, 6) is 2.00. The summed E-state index contributed by atoms with van der Waals surface area (Å²) in [5, 5.41) is 17.7. The maximum atomic E-state index is 10.8. The number of halogens is 2. The molecular formula is C19H23BrClN5O2S. The lowest BCUT2D eigenvalue weighted by molar-refractivity contribution is -0.404. The number of rotatable bonds is 13. The van der Waals surface area contributed by atoms with Crippen molar-refractivity contribution in [3.63, 3.8) is 0 Å². The number of nitrogens with one attached hydrogen (secondary N) is 2. The van der Waals surface area contributed by atoms with Gasteiger partial charge in [0.15, 0.2) is 5.82 Å². The highest BCUT2D eigenvalue weighted by molar-refractivity contribution is 9.10. The fraction of sp³-hybridized carbons (Fsp3) is 0.368. The fourth-order valence-corrected chi connectivity index (χ4v) is 4.06. The molecule has 29 heavy (non-hydrogen) atoms. The molecule has 0 spiro atoms. The molecule has 0 atom stereocenters. The molecule has 2 aromatic heterocycles. The minimum absolute atomic E-state index is 0.422. The first-order valence-corrected chi connectivity index (χ1v) is 11.5. The van der Waals surface area contributed by atoms with Crippen LogP contribution in [0.1, 0.15) is 24.2 Å². The molecule has 0 saturated carbocycles. The smallest absolute Gasteiger partial charge is 0.274 e. The van der Waals surface area contributed by atoms with Gasteiger partial charge in [0.05, 0.1) is 21.3 Å². The topological polar surface area (TPSA) is 93.0 Å². The van der Waals surface area contributed by atoms with Crippen LogP contribution in [0, 0.1) is 10.1 Å². The van der Waals surface area contributed by atoms with Crippen LogP contribution in [-0.4, -0.2) is 33.7 Å². The average Bonchev–Trinajstić information content (AvgIpc) is 2.69. The van der Waals surface area contributed by atoms with Gasteiger partial charge in [-0.2, -0.15) is 11.8 Å². The Morgan fingerprint density at radius 1 is 1.17 bits per heavy atom. The van der Waals surface area contributed by atoms with Gasteiger partial charge in [-0.15, -0.1) is 0 Å². The Labute approximate surface area is 188 Å². The molecule has 2 heterocycles. The Morgan fingerprint density at radius 3 is 2.62 bits per heavy atom. The zero-order valence-corrected chi connectivity index (χ0v) is 19.0. The third kappa shape index (κ3) is 9.47. The van der Waals surface area contributed by atoms with Crippen molar-refractivity contribution in [2.75, 3.05) is 18.8 Å². The van der Waals surface area contributed by atoms with Crippen LogP contribution in [0.25, 0.3) is 0 Å². The van der Waals surface area contributed by atoms with Crippen LogP contribution in [0.15, 0.2) is 53.2 Å². The lowest BCUT2D eigenvalue weighted by Crippen LogP contribution is -2.29. The number of hydrogen-bond donors (Lipinski definition) is 2. The predicted octanol–water partition coefficient (Wildman–Crippen LogP) is 4.40. The van der Waals surface area contributed by atoms with Crippen molar-refractivity contribution in [1.29, 1.82) is 0 Å². The Bertz CT molecular complexity index is 767. The maximum absolute atomic E-state index is 10.8. The average molecular weight is 501 g/mol. The van der Waals surface area contributed by atoms with Crippen molar-refractivity contribution in [3.05, 3.63) is 79.7 Å². The highest BCUT2D eigenvalue weighted by Gasteiger charge is 2.05. The molecule has 0 aromatic carbocycles. The predicted molar refractivity (Wildman–Crippen MR) is 121 cm³/mol. The molecular weight excluding hydrogens is 478 g/mol. The summed E-state index contributed by atoms with van der Waals surface area (Å²) in [4.78, 5) is 19.0. The van der Waals surface area contributed by atoms with E-state index in [0.29, 0.717) is 23.9 Å². The van der Waals surface area contributed by atoms with Gasteiger partial charge >= 0.3 is 0 Å². The summed E-state index contributed by atoms with van der Waals surface area (Å²) in [6.07, 6.45) is 6.99. The molecule has 2 N–H and O–H groups in total. The van der Waals surface area contributed by atoms with E-state index in [-0.39, 0.29) is 0 Å². The van der Waals surface area contributed by atoms with E-state index in [1.165, 1.54) is 0 Å². The quantitative estimate of drug-likeness (QED) is 0.239. The number of thioether (sulfide) groups is 1. The number of nitrogens with zero attached hydrogens (tertiary/aromatic N) is 3. The number of aromatic nitrogens is 2. The monoisotopic (exact) mass is 499 g/mol. The van der Waals surface area contributed by atoms with Gasteiger partial charge in [0.1, 0.15) is 0 Å². The van der Waals surface area contributed by atoms with Crippen LogP contribution in [0.3, 0.4) is 0 Å². The van der Waals surface area contributed by atoms with Gasteiger partial charge in [-0.1, -0.05) is 11.6 Å². The van der Waals surface area contributed by atoms with E-state index in [9.17, 15) is 10.1 Å². The van der Waals surface area contributed by atoms with Crippen LogP contribution in [-0.2, 0) is 12.2 Å². The highest BCUT2D eigenvalue weighted by Crippen LogP contribution is 2.18. The molecule has 156 valence electrons. The number of unbranched alkanes of at least 4 members (excludes halogenated alkanes) is 1. The Hall–Kier alpha value is -1.84. The Morgan fingerprint density at radius 2 is 1.90 bits per heavy atom. The second kappa shape index (κ2) is 13.4. The molecule has 0 radical (unpaired) electrons. The molecule has 2 aromatic rings. The van der Waals surface area contributed by atoms with Gasteiger partial charge in [0.2, 0.25) is 0 Å². The molecule has 0 bridgehead atoms. The number of nitro groups is 1. The Kier molecular flexibility index (Phi) is 10.8. The van der Waals surface area contributed by atoms with Gasteiger partial charge in [0, 0.05) is 41.5 Å². The van der Waals surface area contributed by atoms with Gasteiger partial charge in [-0.3, -0.25) is 20.1 Å². The van der Waals surface area contributed by atoms with Crippen LogP contribution < -0.4 is 10.6 Å². The summed E-state index contributed by atoms with van der Waals surface area (Å²) in [5.41, 5.74) is 1.87. The van der Waals surface area contributed by atoms with Gasteiger partial charge in [-0.05, 0) is 59.5 Å². The van der Waals surface area contributed by atoms with Crippen LogP contribution >= 0.6 is 39.3 Å². The normalized spacial score (nSPS) is 11.3. The molecule has 0 amide bonds. The first-order chi connectivity index (χ1) is 14.1. The lowest BCUT2D eigenvalue weighted by atomic mass is 10.2. The minimum Gasteiger partial charge on any atom is -0.367 e. The largest absolute Gasteiger partial charge is 0.367 e. The van der Waals surface area contributed by atoms with Crippen LogP contribution in [0.2, 0.25) is 5.02 Å². The Balaban J connectivity index is 1.65. The summed E-state index contributed by atoms with van der Waals surface area (Å²) in [6, 6.07) is 7.48. The van der Waals surface area contributed by atoms with Crippen LogP contribution in [0.4, 0.5) is 0 Å². The molecule has 0 fully saturated rings. The summed E-state index contributed by atoms with van der Waals surface area (Å²) in [6.45, 7) is 1.25. The molecule has 0 aliphatic heterocycles. The molecule has 0 aliphatic rings. The van der Waals surface area contributed by atoms with Crippen molar-refractivity contribution < 1.29 is 4.92 Å². The van der Waals surface area contributed by atoms with E-state index < -0.39 is 4.92 Å². The number of aryl methyl sites for hydroxylation is 1. The zero-order chi connectivity index (χ0) is 20.9. The van der Waals surface area contributed by atoms with Gasteiger partial charge < -0.3 is 10.6 Å². The molecule has 0 saturated heterocycles. The zero-order valence-electron chi connectivity index (χ0n) is 15.8. The van der Waals surface area contributed by atoms with E-state index >= 15 is 0 Å². The maximum Gasteiger partial charge on any atom is 0.274 e. The second-order valence-electron chi connectivity index (χ2n) is 6.06. The third-order valence-corrected chi connectivity index (χ3v) is 5.90. The SMILES string of the molecule is O=[N+]([O-])/C=C(/NCCCCc1ncccc1Cl)NCCSCc1ncccc1Br. The second-order valence-corrected chi connectivity index (χ2v) is 8.42. The fourth-order valence-electron chi connectivity index (χ4n) is 2.45. The van der Waals surface area contributed by atoms with E-state index in [4.69, 9.17) is 11.6 Å².